The summed E-state index contributed by atoms with van der Waals surface area (Å²) in [7, 11) is 0. The van der Waals surface area contributed by atoms with E-state index in [9.17, 15) is 4.79 Å². The van der Waals surface area contributed by atoms with E-state index < -0.39 is 0 Å². The van der Waals surface area contributed by atoms with Gasteiger partial charge in [0, 0.05) is 13.0 Å². The number of hydrogen-bond acceptors (Lipinski definition) is 4. The highest BCUT2D eigenvalue weighted by atomic mass is 16.6. The molecule has 0 aromatic heterocycles. The lowest BCUT2D eigenvalue weighted by atomic mass is 10.3. The normalized spacial score (nSPS) is 9.00. The molecule has 4 nitrogen and oxygen atoms in total. The maximum atomic E-state index is 10.7. The molecule has 0 aliphatic carbocycles. The van der Waals surface area contributed by atoms with Crippen LogP contribution in [-0.4, -0.2) is 25.8 Å². The molecule has 0 bridgehead atoms. The third-order valence-electron chi connectivity index (χ3n) is 1.10. The van der Waals surface area contributed by atoms with Crippen molar-refractivity contribution in [3.05, 3.63) is 0 Å². The summed E-state index contributed by atoms with van der Waals surface area (Å²) in [4.78, 5) is 10.7. The minimum atomic E-state index is -0.352. The van der Waals surface area contributed by atoms with Crippen LogP contribution in [0.15, 0.2) is 0 Å². The maximum absolute atomic E-state index is 10.7. The lowest BCUT2D eigenvalue weighted by Gasteiger charge is -2.01. The Hall–Kier alpha value is -1.08. The van der Waals surface area contributed by atoms with Gasteiger partial charge >= 0.3 is 5.97 Å². The van der Waals surface area contributed by atoms with E-state index in [0.717, 1.165) is 0 Å². The van der Waals surface area contributed by atoms with Crippen LogP contribution in [0, 0.1) is 11.3 Å². The second-order valence-corrected chi connectivity index (χ2v) is 2.12. The number of unbranched alkanes of at least 4 members (excludes halogenated alkanes) is 1. The summed E-state index contributed by atoms with van der Waals surface area (Å²) in [6.45, 7) is 2.54. The van der Waals surface area contributed by atoms with Crippen molar-refractivity contribution in [3.63, 3.8) is 0 Å². The van der Waals surface area contributed by atoms with Gasteiger partial charge in [-0.3, -0.25) is 0 Å². The molecule has 0 atom stereocenters. The fraction of sp³-hybridized carbons (Fsp3) is 0.750. The van der Waals surface area contributed by atoms with E-state index in [1.54, 1.807) is 6.92 Å². The fourth-order valence-electron chi connectivity index (χ4n) is 0.611. The summed E-state index contributed by atoms with van der Waals surface area (Å²) in [5.74, 6) is -0.352. The molecular weight excluding hydrogens is 158 g/mol. The lowest BCUT2D eigenvalue weighted by molar-refractivity contribution is -0.148. The molecule has 0 aromatic carbocycles. The van der Waals surface area contributed by atoms with Crippen molar-refractivity contribution >= 4 is 5.97 Å². The zero-order valence-electron chi connectivity index (χ0n) is 7.21. The summed E-state index contributed by atoms with van der Waals surface area (Å²) in [5.41, 5.74) is 0. The molecule has 0 aliphatic rings. The van der Waals surface area contributed by atoms with E-state index in [1.807, 2.05) is 6.07 Å². The zero-order chi connectivity index (χ0) is 9.23. The van der Waals surface area contributed by atoms with Gasteiger partial charge in [-0.1, -0.05) is 0 Å². The van der Waals surface area contributed by atoms with Crippen molar-refractivity contribution in [2.45, 2.75) is 19.8 Å². The number of nitriles is 1. The van der Waals surface area contributed by atoms with Crippen molar-refractivity contribution in [2.75, 3.05) is 19.8 Å². The molecule has 0 aliphatic heterocycles. The van der Waals surface area contributed by atoms with Crippen molar-refractivity contribution in [3.8, 4) is 6.07 Å². The highest BCUT2D eigenvalue weighted by Gasteiger charge is 1.99. The van der Waals surface area contributed by atoms with E-state index in [4.69, 9.17) is 10.00 Å². The van der Waals surface area contributed by atoms with E-state index >= 15 is 0 Å². The number of ether oxygens (including phenoxy) is 2. The smallest absolute Gasteiger partial charge is 0.332 e. The van der Waals surface area contributed by atoms with Crippen molar-refractivity contribution in [1.29, 1.82) is 5.26 Å². The molecule has 0 rings (SSSR count). The number of rotatable bonds is 6. The van der Waals surface area contributed by atoms with Crippen LogP contribution >= 0.6 is 0 Å². The molecule has 0 saturated carbocycles. The molecule has 0 heterocycles. The van der Waals surface area contributed by atoms with Crippen molar-refractivity contribution in [1.82, 2.24) is 0 Å². The van der Waals surface area contributed by atoms with Gasteiger partial charge in [-0.15, -0.1) is 0 Å². The Morgan fingerprint density at radius 2 is 2.33 bits per heavy atom. The van der Waals surface area contributed by atoms with Crippen LogP contribution in [0.5, 0.6) is 0 Å². The van der Waals surface area contributed by atoms with E-state index in [0.29, 0.717) is 26.1 Å². The second-order valence-electron chi connectivity index (χ2n) is 2.12. The minimum absolute atomic E-state index is 0.0146. The predicted octanol–water partition coefficient (Wildman–Crippen LogP) is 0.870. The van der Waals surface area contributed by atoms with Crippen LogP contribution in [0.3, 0.4) is 0 Å². The standard InChI is InChI=1S/C8H13NO3/c1-2-12-8(10)7-11-6-4-3-5-9/h2-4,6-7H2,1H3. The zero-order valence-corrected chi connectivity index (χ0v) is 7.21. The summed E-state index contributed by atoms with van der Waals surface area (Å²) in [6.07, 6.45) is 1.12. The summed E-state index contributed by atoms with van der Waals surface area (Å²) in [6, 6.07) is 1.98. The molecule has 0 radical (unpaired) electrons. The molecule has 0 N–H and O–H groups in total. The Morgan fingerprint density at radius 1 is 1.58 bits per heavy atom. The van der Waals surface area contributed by atoms with Crippen LogP contribution in [-0.2, 0) is 14.3 Å². The molecule has 68 valence electrons. The molecule has 0 amide bonds. The van der Waals surface area contributed by atoms with Gasteiger partial charge in [0.25, 0.3) is 0 Å². The quantitative estimate of drug-likeness (QED) is 0.439. The average Bonchev–Trinajstić information content (AvgIpc) is 2.05. The largest absolute Gasteiger partial charge is 0.464 e. The summed E-state index contributed by atoms with van der Waals surface area (Å²) >= 11 is 0. The van der Waals surface area contributed by atoms with Crippen LogP contribution < -0.4 is 0 Å². The number of hydrogen-bond donors (Lipinski definition) is 0. The van der Waals surface area contributed by atoms with Crippen LogP contribution in [0.4, 0.5) is 0 Å². The van der Waals surface area contributed by atoms with Crippen LogP contribution in [0.2, 0.25) is 0 Å². The topological polar surface area (TPSA) is 59.3 Å². The van der Waals surface area contributed by atoms with Gasteiger partial charge in [0.15, 0.2) is 0 Å². The van der Waals surface area contributed by atoms with Gasteiger partial charge in [-0.05, 0) is 13.3 Å². The average molecular weight is 171 g/mol. The number of carbonyl (C=O) groups excluding carboxylic acids is 1. The molecule has 12 heavy (non-hydrogen) atoms. The first-order valence-corrected chi connectivity index (χ1v) is 3.91. The molecule has 0 fully saturated rings. The molecule has 0 unspecified atom stereocenters. The van der Waals surface area contributed by atoms with Gasteiger partial charge in [0.2, 0.25) is 0 Å². The second kappa shape index (κ2) is 8.02. The number of esters is 1. The third kappa shape index (κ3) is 7.03. The summed E-state index contributed by atoms with van der Waals surface area (Å²) < 4.78 is 9.54. The first-order valence-electron chi connectivity index (χ1n) is 3.91. The molecule has 0 spiro atoms. The molecule has 4 heteroatoms. The van der Waals surface area contributed by atoms with Crippen LogP contribution in [0.1, 0.15) is 19.8 Å². The Morgan fingerprint density at radius 3 is 2.92 bits per heavy atom. The first kappa shape index (κ1) is 10.9. The van der Waals surface area contributed by atoms with Gasteiger partial charge in [-0.25, -0.2) is 4.79 Å². The Labute approximate surface area is 72.1 Å². The Bertz CT molecular complexity index is 162. The molecule has 0 saturated heterocycles. The Kier molecular flexibility index (Phi) is 7.30. The molecule has 0 aromatic rings. The van der Waals surface area contributed by atoms with Crippen molar-refractivity contribution < 1.29 is 14.3 Å². The lowest BCUT2D eigenvalue weighted by Crippen LogP contribution is -2.12. The Balaban J connectivity index is 3.09. The number of nitrogens with zero attached hydrogens (tertiary/aromatic N) is 1. The van der Waals surface area contributed by atoms with E-state index in [1.165, 1.54) is 0 Å². The predicted molar refractivity (Wildman–Crippen MR) is 42.3 cm³/mol. The first-order chi connectivity index (χ1) is 5.81. The maximum Gasteiger partial charge on any atom is 0.332 e. The third-order valence-corrected chi connectivity index (χ3v) is 1.10. The van der Waals surface area contributed by atoms with Crippen LogP contribution in [0.25, 0.3) is 0 Å². The van der Waals surface area contributed by atoms with Gasteiger partial charge in [0.05, 0.1) is 12.7 Å². The SMILES string of the molecule is CCOC(=O)COCCCC#N. The van der Waals surface area contributed by atoms with Crippen molar-refractivity contribution in [2.24, 2.45) is 0 Å². The fourth-order valence-corrected chi connectivity index (χ4v) is 0.611. The molecular formula is C8H13NO3. The minimum Gasteiger partial charge on any atom is -0.464 e. The highest BCUT2D eigenvalue weighted by molar-refractivity contribution is 5.70. The van der Waals surface area contributed by atoms with Gasteiger partial charge in [0.1, 0.15) is 6.61 Å². The van der Waals surface area contributed by atoms with Gasteiger partial charge < -0.3 is 9.47 Å². The summed E-state index contributed by atoms with van der Waals surface area (Å²) in [5, 5.41) is 8.16. The van der Waals surface area contributed by atoms with E-state index in [-0.39, 0.29) is 12.6 Å². The monoisotopic (exact) mass is 171 g/mol. The van der Waals surface area contributed by atoms with E-state index in [2.05, 4.69) is 4.74 Å². The number of carbonyl (C=O) groups is 1. The highest BCUT2D eigenvalue weighted by Crippen LogP contribution is 1.88. The van der Waals surface area contributed by atoms with Gasteiger partial charge in [-0.2, -0.15) is 5.26 Å².